The van der Waals surface area contributed by atoms with E-state index in [0.29, 0.717) is 18.2 Å². The van der Waals surface area contributed by atoms with E-state index < -0.39 is 61.6 Å². The Morgan fingerprint density at radius 2 is 1.66 bits per heavy atom. The maximum absolute atomic E-state index is 14.6. The van der Waals surface area contributed by atoms with Gasteiger partial charge in [-0.25, -0.2) is 13.0 Å². The van der Waals surface area contributed by atoms with Crippen molar-refractivity contribution in [3.63, 3.8) is 0 Å². The lowest BCUT2D eigenvalue weighted by molar-refractivity contribution is -0.140. The summed E-state index contributed by atoms with van der Waals surface area (Å²) in [4.78, 5) is 15.9. The Balaban J connectivity index is 1.99. The minimum absolute atomic E-state index is 0.0461. The van der Waals surface area contributed by atoms with Crippen molar-refractivity contribution in [2.24, 2.45) is 4.36 Å². The van der Waals surface area contributed by atoms with Gasteiger partial charge in [-0.2, -0.15) is 21.9 Å². The fraction of sp³-hybridized carbons (Fsp3) is 0.160. The minimum atomic E-state index is -5.13. The van der Waals surface area contributed by atoms with Crippen LogP contribution < -0.4 is 14.9 Å². The van der Waals surface area contributed by atoms with Gasteiger partial charge >= 0.3 is 6.18 Å². The van der Waals surface area contributed by atoms with Crippen LogP contribution in [0.2, 0.25) is 0 Å². The third-order valence-corrected chi connectivity index (χ3v) is 5.89. The summed E-state index contributed by atoms with van der Waals surface area (Å²) in [5, 5.41) is 0.0461. The number of alkyl halides is 3. The molecule has 1 heterocycles. The van der Waals surface area contributed by atoms with Crippen molar-refractivity contribution in [2.45, 2.75) is 6.18 Å². The van der Waals surface area contributed by atoms with Gasteiger partial charge in [-0.05, 0) is 36.4 Å². The molecule has 1 aromatic heterocycles. The summed E-state index contributed by atoms with van der Waals surface area (Å²) in [6.07, 6.45) is -2.38. The number of halogens is 6. The van der Waals surface area contributed by atoms with Gasteiger partial charge in [0.25, 0.3) is 0 Å². The average Bonchev–Trinajstić information content (AvgIpc) is 2.80. The Morgan fingerprint density at radius 3 is 2.29 bits per heavy atom. The summed E-state index contributed by atoms with van der Waals surface area (Å²) >= 11 is 0. The molecule has 6 nitrogen and oxygen atoms in total. The average molecular weight is 556 g/mol. The van der Waals surface area contributed by atoms with Gasteiger partial charge in [0.1, 0.15) is 11.6 Å². The van der Waals surface area contributed by atoms with Crippen molar-refractivity contribution in [1.29, 1.82) is 0 Å². The topological polar surface area (TPSA) is 80.8 Å². The first-order valence-electron chi connectivity index (χ1n) is 10.6. The number of hydrogen-bond acceptors (Lipinski definition) is 5. The molecule has 0 saturated carbocycles. The molecule has 0 radical (unpaired) electrons. The highest BCUT2D eigenvalue weighted by atomic mass is 32.2. The number of rotatable bonds is 5. The van der Waals surface area contributed by atoms with Gasteiger partial charge in [0.05, 0.1) is 35.0 Å². The smallest absolute Gasteiger partial charge is 0.419 e. The van der Waals surface area contributed by atoms with E-state index >= 15 is 0 Å². The second-order valence-corrected chi connectivity index (χ2v) is 10.9. The van der Waals surface area contributed by atoms with Crippen LogP contribution >= 0.6 is 0 Å². The van der Waals surface area contributed by atoms with Gasteiger partial charge < -0.3 is 14.5 Å². The molecule has 0 bridgehead atoms. The number of H-pyrrole nitrogens is 1. The molecule has 0 aliphatic carbocycles. The van der Waals surface area contributed by atoms with Crippen molar-refractivity contribution >= 4 is 26.3 Å². The number of methoxy groups -OCH3 is 1. The maximum atomic E-state index is 14.6. The van der Waals surface area contributed by atoms with Gasteiger partial charge in [-0.15, -0.1) is 0 Å². The fourth-order valence-corrected chi connectivity index (χ4v) is 4.34. The van der Waals surface area contributed by atoms with Crippen LogP contribution in [0.25, 0.3) is 22.2 Å². The van der Waals surface area contributed by atoms with Crippen molar-refractivity contribution in [3.05, 3.63) is 81.8 Å². The molecule has 4 aromatic rings. The highest BCUT2D eigenvalue weighted by Crippen LogP contribution is 2.43. The number of pyridine rings is 1. The summed E-state index contributed by atoms with van der Waals surface area (Å²) in [5.74, 6) is -6.30. The normalized spacial score (nSPS) is 12.0. The first kappa shape index (κ1) is 27.0. The summed E-state index contributed by atoms with van der Waals surface area (Å²) in [6, 6.07) is 7.83. The molecule has 0 spiro atoms. The van der Waals surface area contributed by atoms with Gasteiger partial charge in [0.15, 0.2) is 17.0 Å². The fourth-order valence-electron chi connectivity index (χ4n) is 3.71. The molecule has 38 heavy (non-hydrogen) atoms. The molecule has 3 aromatic carbocycles. The molecule has 0 fully saturated rings. The van der Waals surface area contributed by atoms with Gasteiger partial charge in [-0.1, -0.05) is 6.07 Å². The minimum Gasteiger partial charge on any atom is -0.490 e. The lowest BCUT2D eigenvalue weighted by Crippen LogP contribution is -2.10. The number of fused-ring (bicyclic) bond motifs is 1. The number of aromatic amines is 1. The molecule has 0 unspecified atom stereocenters. The van der Waals surface area contributed by atoms with Gasteiger partial charge in [0.2, 0.25) is 11.6 Å². The molecule has 0 amide bonds. The second kappa shape index (κ2) is 9.71. The van der Waals surface area contributed by atoms with Crippen LogP contribution in [0, 0.1) is 17.5 Å². The van der Waals surface area contributed by atoms with Crippen LogP contribution in [-0.2, 0) is 15.9 Å². The summed E-state index contributed by atoms with van der Waals surface area (Å²) < 4.78 is 109. The van der Waals surface area contributed by atoms with E-state index in [-0.39, 0.29) is 27.8 Å². The second-order valence-electron chi connectivity index (χ2n) is 8.34. The Hall–Kier alpha value is -4.00. The zero-order chi connectivity index (χ0) is 28.0. The quantitative estimate of drug-likeness (QED) is 0.275. The van der Waals surface area contributed by atoms with Crippen molar-refractivity contribution in [3.8, 4) is 28.5 Å². The van der Waals surface area contributed by atoms with Crippen LogP contribution in [0.3, 0.4) is 0 Å². The number of hydrogen-bond donors (Lipinski definition) is 1. The van der Waals surface area contributed by atoms with E-state index in [1.54, 1.807) is 0 Å². The molecule has 13 heteroatoms. The number of benzene rings is 3. The molecule has 0 saturated heterocycles. The number of ether oxygens (including phenoxy) is 2. The van der Waals surface area contributed by atoms with Crippen LogP contribution in [-0.4, -0.2) is 28.8 Å². The standard InChI is InChI=1S/C25H18F6N2O4S/c1-36-24-20(8-7-14(26)23(24)28)37-21-10-13(25(29,30)31)15(27)9-12(21)18-11-19(34)22-16(32-18)5-4-6-17(22)33-38(2,3)35/h4-11H,1-3H3,(H,32,34). The molecular formula is C25H18F6N2O4S. The first-order chi connectivity index (χ1) is 17.7. The molecule has 1 N–H and O–H groups in total. The summed E-state index contributed by atoms with van der Waals surface area (Å²) in [7, 11) is -1.66. The van der Waals surface area contributed by atoms with Crippen LogP contribution in [0.4, 0.5) is 32.0 Å². The largest absolute Gasteiger partial charge is 0.490 e. The zero-order valence-corrected chi connectivity index (χ0v) is 20.7. The highest BCUT2D eigenvalue weighted by molar-refractivity contribution is 7.92. The van der Waals surface area contributed by atoms with Gasteiger partial charge in [0, 0.05) is 33.9 Å². The molecule has 4 rings (SSSR count). The zero-order valence-electron chi connectivity index (χ0n) is 19.9. The SMILES string of the molecule is COc1c(Oc2cc(C(F)(F)F)c(F)cc2-c2cc(=O)c3c(N=S(C)(C)=O)cccc3[nH]2)ccc(F)c1F. The molecule has 0 atom stereocenters. The molecule has 200 valence electrons. The van der Waals surface area contributed by atoms with E-state index in [1.165, 1.54) is 30.7 Å². The third kappa shape index (κ3) is 5.32. The Kier molecular flexibility index (Phi) is 6.91. The Labute approximate surface area is 212 Å². The molecule has 0 aliphatic rings. The predicted molar refractivity (Wildman–Crippen MR) is 130 cm³/mol. The number of aromatic nitrogens is 1. The lowest BCUT2D eigenvalue weighted by atomic mass is 10.0. The van der Waals surface area contributed by atoms with E-state index in [1.807, 2.05) is 0 Å². The Bertz CT molecular complexity index is 1750. The van der Waals surface area contributed by atoms with Gasteiger partial charge in [-0.3, -0.25) is 4.79 Å². The number of nitrogens with zero attached hydrogens (tertiary/aromatic N) is 1. The van der Waals surface area contributed by atoms with Crippen LogP contribution in [0.5, 0.6) is 17.2 Å². The van der Waals surface area contributed by atoms with Crippen molar-refractivity contribution in [2.75, 3.05) is 19.6 Å². The maximum Gasteiger partial charge on any atom is 0.419 e. The van der Waals surface area contributed by atoms with E-state index in [9.17, 15) is 35.3 Å². The third-order valence-electron chi connectivity index (χ3n) is 5.25. The first-order valence-corrected chi connectivity index (χ1v) is 13.0. The predicted octanol–water partition coefficient (Wildman–Crippen LogP) is 6.79. The summed E-state index contributed by atoms with van der Waals surface area (Å²) in [5.41, 5.74) is -2.56. The monoisotopic (exact) mass is 556 g/mol. The van der Waals surface area contributed by atoms with E-state index in [4.69, 9.17) is 9.47 Å². The number of nitrogens with one attached hydrogen (secondary N) is 1. The summed E-state index contributed by atoms with van der Waals surface area (Å²) in [6.45, 7) is 0. The van der Waals surface area contributed by atoms with Crippen molar-refractivity contribution < 1.29 is 40.0 Å². The van der Waals surface area contributed by atoms with E-state index in [2.05, 4.69) is 9.35 Å². The van der Waals surface area contributed by atoms with Crippen molar-refractivity contribution in [1.82, 2.24) is 4.98 Å². The molecular weight excluding hydrogens is 538 g/mol. The molecule has 0 aliphatic heterocycles. The highest BCUT2D eigenvalue weighted by Gasteiger charge is 2.36. The van der Waals surface area contributed by atoms with Crippen LogP contribution in [0.15, 0.2) is 57.7 Å². The van der Waals surface area contributed by atoms with Crippen LogP contribution in [0.1, 0.15) is 5.56 Å². The lowest BCUT2D eigenvalue weighted by Gasteiger charge is -2.17. The Morgan fingerprint density at radius 1 is 0.947 bits per heavy atom. The van der Waals surface area contributed by atoms with E-state index in [0.717, 1.165) is 19.2 Å².